The maximum atomic E-state index is 12.2. The van der Waals surface area contributed by atoms with Gasteiger partial charge in [0.05, 0.1) is 6.20 Å². The van der Waals surface area contributed by atoms with Crippen molar-refractivity contribution in [1.82, 2.24) is 10.2 Å². The van der Waals surface area contributed by atoms with E-state index < -0.39 is 0 Å². The fourth-order valence-electron chi connectivity index (χ4n) is 1.83. The van der Waals surface area contributed by atoms with Crippen molar-refractivity contribution in [3.05, 3.63) is 58.9 Å². The van der Waals surface area contributed by atoms with Gasteiger partial charge in [0, 0.05) is 11.6 Å². The van der Waals surface area contributed by atoms with Gasteiger partial charge in [-0.2, -0.15) is 5.10 Å². The monoisotopic (exact) mass is 269 g/mol. The van der Waals surface area contributed by atoms with Crippen LogP contribution in [0.5, 0.6) is 0 Å². The number of aromatic nitrogens is 2. The zero-order valence-corrected chi connectivity index (χ0v) is 10.8. The highest BCUT2D eigenvalue weighted by molar-refractivity contribution is 7.12. The first-order chi connectivity index (χ1) is 9.34. The third kappa shape index (κ3) is 2.41. The van der Waals surface area contributed by atoms with Gasteiger partial charge in [0.15, 0.2) is 0 Å². The first kappa shape index (κ1) is 11.7. The van der Waals surface area contributed by atoms with Crippen LogP contribution in [0.15, 0.2) is 54.0 Å². The number of anilines is 1. The van der Waals surface area contributed by atoms with Crippen LogP contribution >= 0.6 is 11.3 Å². The van der Waals surface area contributed by atoms with Crippen LogP contribution in [-0.4, -0.2) is 16.1 Å². The predicted octanol–water partition coefficient (Wildman–Crippen LogP) is 3.39. The smallest absolute Gasteiger partial charge is 0.267 e. The highest BCUT2D eigenvalue weighted by atomic mass is 32.1. The van der Waals surface area contributed by atoms with E-state index in [9.17, 15) is 4.79 Å². The van der Waals surface area contributed by atoms with Crippen molar-refractivity contribution in [2.75, 3.05) is 5.32 Å². The maximum Gasteiger partial charge on any atom is 0.267 e. The number of hydrogen-bond acceptors (Lipinski definition) is 3. The molecule has 0 aliphatic carbocycles. The molecule has 4 nitrogen and oxygen atoms in total. The fourth-order valence-corrected chi connectivity index (χ4v) is 2.65. The van der Waals surface area contributed by atoms with Crippen molar-refractivity contribution in [2.24, 2.45) is 0 Å². The molecule has 0 bridgehead atoms. The molecule has 0 saturated carbocycles. The average molecular weight is 269 g/mol. The molecule has 3 rings (SSSR count). The van der Waals surface area contributed by atoms with Gasteiger partial charge < -0.3 is 5.32 Å². The summed E-state index contributed by atoms with van der Waals surface area (Å²) in [4.78, 5) is 12.9. The number of amides is 1. The summed E-state index contributed by atoms with van der Waals surface area (Å²) in [6.45, 7) is 0. The molecule has 0 fully saturated rings. The number of rotatable bonds is 3. The Hall–Kier alpha value is -2.40. The van der Waals surface area contributed by atoms with Crippen LogP contribution < -0.4 is 5.32 Å². The molecule has 94 valence electrons. The second-order valence-corrected chi connectivity index (χ2v) is 4.87. The molecule has 0 aliphatic rings. The molecule has 1 amide bonds. The molecule has 2 heterocycles. The summed E-state index contributed by atoms with van der Waals surface area (Å²) in [5, 5.41) is 11.2. The SMILES string of the molecule is O=C(Nc1ccn[nH]1)c1sccc1-c1ccccc1. The summed E-state index contributed by atoms with van der Waals surface area (Å²) in [7, 11) is 0. The Kier molecular flexibility index (Phi) is 3.12. The van der Waals surface area contributed by atoms with Crippen molar-refractivity contribution in [3.8, 4) is 11.1 Å². The highest BCUT2D eigenvalue weighted by Gasteiger charge is 2.14. The van der Waals surface area contributed by atoms with Crippen LogP contribution in [0.2, 0.25) is 0 Å². The molecule has 3 aromatic rings. The van der Waals surface area contributed by atoms with Gasteiger partial charge in [-0.3, -0.25) is 9.89 Å². The predicted molar refractivity (Wildman–Crippen MR) is 76.3 cm³/mol. The van der Waals surface area contributed by atoms with Gasteiger partial charge in [0.25, 0.3) is 5.91 Å². The maximum absolute atomic E-state index is 12.2. The summed E-state index contributed by atoms with van der Waals surface area (Å²) >= 11 is 1.43. The van der Waals surface area contributed by atoms with E-state index in [1.54, 1.807) is 12.3 Å². The number of aromatic amines is 1. The summed E-state index contributed by atoms with van der Waals surface area (Å²) in [6.07, 6.45) is 1.60. The van der Waals surface area contributed by atoms with Crippen LogP contribution in [0.4, 0.5) is 5.82 Å². The molecular weight excluding hydrogens is 258 g/mol. The normalized spacial score (nSPS) is 10.3. The zero-order chi connectivity index (χ0) is 13.1. The Bertz CT molecular complexity index is 674. The molecule has 0 unspecified atom stereocenters. The fraction of sp³-hybridized carbons (Fsp3) is 0. The van der Waals surface area contributed by atoms with Crippen molar-refractivity contribution >= 4 is 23.1 Å². The van der Waals surface area contributed by atoms with E-state index in [1.807, 2.05) is 41.8 Å². The lowest BCUT2D eigenvalue weighted by Crippen LogP contribution is -2.11. The van der Waals surface area contributed by atoms with E-state index in [2.05, 4.69) is 15.5 Å². The number of carbonyl (C=O) groups is 1. The molecule has 0 aliphatic heterocycles. The molecule has 19 heavy (non-hydrogen) atoms. The van der Waals surface area contributed by atoms with E-state index in [4.69, 9.17) is 0 Å². The Morgan fingerprint density at radius 3 is 2.74 bits per heavy atom. The largest absolute Gasteiger partial charge is 0.306 e. The molecule has 0 saturated heterocycles. The average Bonchev–Trinajstić information content (AvgIpc) is 3.10. The minimum absolute atomic E-state index is 0.127. The van der Waals surface area contributed by atoms with Crippen LogP contribution in [-0.2, 0) is 0 Å². The van der Waals surface area contributed by atoms with Crippen LogP contribution in [0, 0.1) is 0 Å². The lowest BCUT2D eigenvalue weighted by atomic mass is 10.1. The molecule has 2 aromatic heterocycles. The summed E-state index contributed by atoms with van der Waals surface area (Å²) < 4.78 is 0. The number of nitrogens with one attached hydrogen (secondary N) is 2. The van der Waals surface area contributed by atoms with Crippen LogP contribution in [0.1, 0.15) is 9.67 Å². The molecule has 2 N–H and O–H groups in total. The Labute approximate surface area is 114 Å². The van der Waals surface area contributed by atoms with E-state index in [0.717, 1.165) is 11.1 Å². The number of nitrogens with zero attached hydrogens (tertiary/aromatic N) is 1. The molecule has 1 aromatic carbocycles. The number of thiophene rings is 1. The van der Waals surface area contributed by atoms with Gasteiger partial charge in [0.1, 0.15) is 10.7 Å². The minimum atomic E-state index is -0.127. The van der Waals surface area contributed by atoms with Gasteiger partial charge in [-0.25, -0.2) is 0 Å². The summed E-state index contributed by atoms with van der Waals surface area (Å²) in [5.41, 5.74) is 1.99. The van der Waals surface area contributed by atoms with Gasteiger partial charge in [0.2, 0.25) is 0 Å². The van der Waals surface area contributed by atoms with E-state index in [-0.39, 0.29) is 5.91 Å². The number of H-pyrrole nitrogens is 1. The van der Waals surface area contributed by atoms with Gasteiger partial charge >= 0.3 is 0 Å². The third-order valence-corrected chi connectivity index (χ3v) is 3.62. The van der Waals surface area contributed by atoms with Crippen molar-refractivity contribution in [2.45, 2.75) is 0 Å². The summed E-state index contributed by atoms with van der Waals surface area (Å²) in [6, 6.07) is 13.5. The van der Waals surface area contributed by atoms with Crippen LogP contribution in [0.25, 0.3) is 11.1 Å². The topological polar surface area (TPSA) is 57.8 Å². The molecule has 5 heteroatoms. The molecule has 0 atom stereocenters. The first-order valence-electron chi connectivity index (χ1n) is 5.78. The van der Waals surface area contributed by atoms with Crippen LogP contribution in [0.3, 0.4) is 0 Å². The minimum Gasteiger partial charge on any atom is -0.306 e. The van der Waals surface area contributed by atoms with E-state index in [1.165, 1.54) is 11.3 Å². The first-order valence-corrected chi connectivity index (χ1v) is 6.66. The van der Waals surface area contributed by atoms with Crippen molar-refractivity contribution in [1.29, 1.82) is 0 Å². The molecule has 0 spiro atoms. The standard InChI is InChI=1S/C14H11N3OS/c18-14(16-12-6-8-15-17-12)13-11(7-9-19-13)10-4-2-1-3-5-10/h1-9H,(H2,15,16,17,18). The second-order valence-electron chi connectivity index (χ2n) is 3.95. The van der Waals surface area contributed by atoms with Gasteiger partial charge in [-0.1, -0.05) is 30.3 Å². The Morgan fingerprint density at radius 1 is 1.16 bits per heavy atom. The quantitative estimate of drug-likeness (QED) is 0.765. The lowest BCUT2D eigenvalue weighted by Gasteiger charge is -2.04. The van der Waals surface area contributed by atoms with E-state index in [0.29, 0.717) is 10.7 Å². The van der Waals surface area contributed by atoms with Gasteiger partial charge in [-0.15, -0.1) is 11.3 Å². The Balaban J connectivity index is 1.90. The molecule has 0 radical (unpaired) electrons. The number of benzene rings is 1. The Morgan fingerprint density at radius 2 is 2.00 bits per heavy atom. The third-order valence-electron chi connectivity index (χ3n) is 2.71. The van der Waals surface area contributed by atoms with Crippen molar-refractivity contribution in [3.63, 3.8) is 0 Å². The second kappa shape index (κ2) is 5.07. The number of hydrogen-bond donors (Lipinski definition) is 2. The van der Waals surface area contributed by atoms with E-state index >= 15 is 0 Å². The zero-order valence-electron chi connectivity index (χ0n) is 9.96. The molecular formula is C14H11N3OS. The summed E-state index contributed by atoms with van der Waals surface area (Å²) in [5.74, 6) is 0.468. The highest BCUT2D eigenvalue weighted by Crippen LogP contribution is 2.28. The lowest BCUT2D eigenvalue weighted by molar-refractivity contribution is 0.103. The van der Waals surface area contributed by atoms with Gasteiger partial charge in [-0.05, 0) is 17.0 Å². The van der Waals surface area contributed by atoms with Crippen molar-refractivity contribution < 1.29 is 4.79 Å². The number of carbonyl (C=O) groups excluding carboxylic acids is 1.